The first-order chi connectivity index (χ1) is 5.72. The quantitative estimate of drug-likeness (QED) is 0.693. The fourth-order valence-electron chi connectivity index (χ4n) is 0.837. The van der Waals surface area contributed by atoms with Crippen molar-refractivity contribution in [2.75, 3.05) is 7.11 Å². The standard InChI is InChI=1S/C8H10N2O2/c1-12-8-3-2-6(5-10-8)4-7(9)11/h2-3,5H,4H2,1H3,(H2,9,11). The lowest BCUT2D eigenvalue weighted by atomic mass is 10.2. The molecule has 0 bridgehead atoms. The number of ether oxygens (including phenoxy) is 1. The molecular formula is C8H10N2O2. The second kappa shape index (κ2) is 3.71. The number of methoxy groups -OCH3 is 1. The maximum Gasteiger partial charge on any atom is 0.221 e. The summed E-state index contributed by atoms with van der Waals surface area (Å²) in [5.41, 5.74) is 5.79. The number of nitrogens with two attached hydrogens (primary N) is 1. The van der Waals surface area contributed by atoms with Crippen LogP contribution in [0.15, 0.2) is 18.3 Å². The van der Waals surface area contributed by atoms with Gasteiger partial charge in [-0.15, -0.1) is 0 Å². The molecule has 0 saturated heterocycles. The van der Waals surface area contributed by atoms with Gasteiger partial charge in [-0.2, -0.15) is 0 Å². The zero-order valence-corrected chi connectivity index (χ0v) is 6.78. The lowest BCUT2D eigenvalue weighted by molar-refractivity contribution is -0.117. The summed E-state index contributed by atoms with van der Waals surface area (Å²) < 4.78 is 4.85. The molecule has 2 N–H and O–H groups in total. The Labute approximate surface area is 70.4 Å². The van der Waals surface area contributed by atoms with E-state index >= 15 is 0 Å². The highest BCUT2D eigenvalue weighted by atomic mass is 16.5. The van der Waals surface area contributed by atoms with Gasteiger partial charge < -0.3 is 10.5 Å². The van der Waals surface area contributed by atoms with Crippen molar-refractivity contribution in [3.8, 4) is 5.88 Å². The van der Waals surface area contributed by atoms with Crippen LogP contribution in [0.3, 0.4) is 0 Å². The molecule has 0 unspecified atom stereocenters. The zero-order chi connectivity index (χ0) is 8.97. The first-order valence-electron chi connectivity index (χ1n) is 3.49. The molecule has 1 aromatic heterocycles. The maximum atomic E-state index is 10.5. The average Bonchev–Trinajstić information content (AvgIpc) is 2.05. The van der Waals surface area contributed by atoms with Crippen LogP contribution in [0.25, 0.3) is 0 Å². The monoisotopic (exact) mass is 166 g/mol. The average molecular weight is 166 g/mol. The summed E-state index contributed by atoms with van der Waals surface area (Å²) in [4.78, 5) is 14.4. The Hall–Kier alpha value is -1.58. The fraction of sp³-hybridized carbons (Fsp3) is 0.250. The Morgan fingerprint density at radius 3 is 2.83 bits per heavy atom. The number of carbonyl (C=O) groups excluding carboxylic acids is 1. The zero-order valence-electron chi connectivity index (χ0n) is 6.78. The van der Waals surface area contributed by atoms with Crippen LogP contribution in [0.2, 0.25) is 0 Å². The smallest absolute Gasteiger partial charge is 0.221 e. The third kappa shape index (κ3) is 2.23. The number of aromatic nitrogens is 1. The van der Waals surface area contributed by atoms with Crippen LogP contribution in [0, 0.1) is 0 Å². The van der Waals surface area contributed by atoms with E-state index in [4.69, 9.17) is 10.5 Å². The van der Waals surface area contributed by atoms with Gasteiger partial charge in [-0.05, 0) is 5.56 Å². The van der Waals surface area contributed by atoms with Crippen molar-refractivity contribution >= 4 is 5.91 Å². The fourth-order valence-corrected chi connectivity index (χ4v) is 0.837. The van der Waals surface area contributed by atoms with Crippen LogP contribution < -0.4 is 10.5 Å². The second-order valence-electron chi connectivity index (χ2n) is 2.35. The number of nitrogens with zero attached hydrogens (tertiary/aromatic N) is 1. The first kappa shape index (κ1) is 8.52. The summed E-state index contributed by atoms with van der Waals surface area (Å²) in [6.07, 6.45) is 1.79. The van der Waals surface area contributed by atoms with Gasteiger partial charge in [0.15, 0.2) is 0 Å². The van der Waals surface area contributed by atoms with Crippen LogP contribution in [0.1, 0.15) is 5.56 Å². The Bertz CT molecular complexity index is 269. The molecule has 0 aliphatic carbocycles. The minimum absolute atomic E-state index is 0.219. The van der Waals surface area contributed by atoms with Gasteiger partial charge in [0.25, 0.3) is 0 Å². The van der Waals surface area contributed by atoms with Crippen LogP contribution in [-0.4, -0.2) is 18.0 Å². The second-order valence-corrected chi connectivity index (χ2v) is 2.35. The van der Waals surface area contributed by atoms with Crippen LogP contribution >= 0.6 is 0 Å². The number of primary amides is 1. The van der Waals surface area contributed by atoms with Gasteiger partial charge in [0.1, 0.15) is 0 Å². The molecule has 0 atom stereocenters. The SMILES string of the molecule is COc1ccc(CC(N)=O)cn1. The van der Waals surface area contributed by atoms with Crippen molar-refractivity contribution in [1.29, 1.82) is 0 Å². The molecule has 1 amide bonds. The van der Waals surface area contributed by atoms with Gasteiger partial charge in [0.05, 0.1) is 13.5 Å². The van der Waals surface area contributed by atoms with E-state index in [-0.39, 0.29) is 12.3 Å². The number of rotatable bonds is 3. The summed E-state index contributed by atoms with van der Waals surface area (Å²) in [7, 11) is 1.54. The van der Waals surface area contributed by atoms with Gasteiger partial charge in [-0.1, -0.05) is 6.07 Å². The highest BCUT2D eigenvalue weighted by Gasteiger charge is 1.98. The van der Waals surface area contributed by atoms with Gasteiger partial charge in [0.2, 0.25) is 11.8 Å². The molecule has 0 saturated carbocycles. The normalized spacial score (nSPS) is 9.42. The van der Waals surface area contributed by atoms with E-state index in [0.717, 1.165) is 5.56 Å². The van der Waals surface area contributed by atoms with Crippen molar-refractivity contribution < 1.29 is 9.53 Å². The van der Waals surface area contributed by atoms with Gasteiger partial charge in [-0.3, -0.25) is 4.79 Å². The van der Waals surface area contributed by atoms with Crippen molar-refractivity contribution in [1.82, 2.24) is 4.98 Å². The predicted octanol–water partition coefficient (Wildman–Crippen LogP) is 0.118. The lowest BCUT2D eigenvalue weighted by Crippen LogP contribution is -2.13. The Kier molecular flexibility index (Phi) is 2.63. The van der Waals surface area contributed by atoms with Gasteiger partial charge >= 0.3 is 0 Å². The lowest BCUT2D eigenvalue weighted by Gasteiger charge is -1.99. The Morgan fingerprint density at radius 1 is 1.67 bits per heavy atom. The number of amides is 1. The van der Waals surface area contributed by atoms with E-state index in [1.165, 1.54) is 7.11 Å². The molecule has 0 aromatic carbocycles. The third-order valence-electron chi connectivity index (χ3n) is 1.39. The van der Waals surface area contributed by atoms with Crippen LogP contribution in [0.5, 0.6) is 5.88 Å². The minimum atomic E-state index is -0.359. The minimum Gasteiger partial charge on any atom is -0.481 e. The summed E-state index contributed by atoms with van der Waals surface area (Å²) in [6, 6.07) is 3.45. The molecule has 64 valence electrons. The van der Waals surface area contributed by atoms with E-state index in [9.17, 15) is 4.79 Å². The van der Waals surface area contributed by atoms with E-state index < -0.39 is 0 Å². The summed E-state index contributed by atoms with van der Waals surface area (Å²) in [6.45, 7) is 0. The maximum absolute atomic E-state index is 10.5. The third-order valence-corrected chi connectivity index (χ3v) is 1.39. The van der Waals surface area contributed by atoms with Crippen molar-refractivity contribution in [2.24, 2.45) is 5.73 Å². The molecule has 0 aliphatic heterocycles. The molecule has 0 spiro atoms. The van der Waals surface area contributed by atoms with Crippen LogP contribution in [-0.2, 0) is 11.2 Å². The van der Waals surface area contributed by atoms with E-state index in [1.54, 1.807) is 18.3 Å². The highest BCUT2D eigenvalue weighted by molar-refractivity contribution is 5.76. The molecule has 12 heavy (non-hydrogen) atoms. The number of hydrogen-bond acceptors (Lipinski definition) is 3. The van der Waals surface area contributed by atoms with Crippen molar-refractivity contribution in [2.45, 2.75) is 6.42 Å². The van der Waals surface area contributed by atoms with Crippen LogP contribution in [0.4, 0.5) is 0 Å². The largest absolute Gasteiger partial charge is 0.481 e. The number of carbonyl (C=O) groups is 1. The predicted molar refractivity (Wildman–Crippen MR) is 43.7 cm³/mol. The molecule has 1 rings (SSSR count). The number of hydrogen-bond donors (Lipinski definition) is 1. The highest BCUT2D eigenvalue weighted by Crippen LogP contribution is 2.06. The molecule has 4 nitrogen and oxygen atoms in total. The summed E-state index contributed by atoms with van der Waals surface area (Å²) >= 11 is 0. The first-order valence-corrected chi connectivity index (χ1v) is 3.49. The number of pyridine rings is 1. The van der Waals surface area contributed by atoms with Gasteiger partial charge in [-0.25, -0.2) is 4.98 Å². The molecule has 4 heteroatoms. The molecule has 1 aromatic rings. The molecular weight excluding hydrogens is 156 g/mol. The topological polar surface area (TPSA) is 65.2 Å². The summed E-state index contributed by atoms with van der Waals surface area (Å²) in [5, 5.41) is 0. The van der Waals surface area contributed by atoms with E-state index in [1.807, 2.05) is 0 Å². The Balaban J connectivity index is 2.71. The summed E-state index contributed by atoms with van der Waals surface area (Å²) in [5.74, 6) is 0.171. The molecule has 0 radical (unpaired) electrons. The van der Waals surface area contributed by atoms with Crippen molar-refractivity contribution in [3.05, 3.63) is 23.9 Å². The Morgan fingerprint density at radius 2 is 2.42 bits per heavy atom. The van der Waals surface area contributed by atoms with E-state index in [2.05, 4.69) is 4.98 Å². The van der Waals surface area contributed by atoms with E-state index in [0.29, 0.717) is 5.88 Å². The molecule has 0 fully saturated rings. The van der Waals surface area contributed by atoms with Gasteiger partial charge in [0, 0.05) is 12.3 Å². The van der Waals surface area contributed by atoms with Crippen molar-refractivity contribution in [3.63, 3.8) is 0 Å². The molecule has 1 heterocycles. The molecule has 0 aliphatic rings.